The van der Waals surface area contributed by atoms with Crippen molar-refractivity contribution in [1.82, 2.24) is 4.90 Å². The van der Waals surface area contributed by atoms with Crippen LogP contribution in [0.5, 0.6) is 0 Å². The average Bonchev–Trinajstić information content (AvgIpc) is 2.42. The molecule has 0 bridgehead atoms. The number of nitrogens with zero attached hydrogens (tertiary/aromatic N) is 1. The van der Waals surface area contributed by atoms with Crippen molar-refractivity contribution in [2.75, 3.05) is 13.1 Å². The molecule has 1 aromatic rings. The van der Waals surface area contributed by atoms with Gasteiger partial charge in [-0.15, -0.1) is 0 Å². The minimum absolute atomic E-state index is 0.00160. The Morgan fingerprint density at radius 1 is 1.30 bits per heavy atom. The lowest BCUT2D eigenvalue weighted by atomic mass is 9.74. The van der Waals surface area contributed by atoms with Crippen molar-refractivity contribution < 1.29 is 14.7 Å². The molecule has 108 valence electrons. The molecule has 0 unspecified atom stereocenters. The summed E-state index contributed by atoms with van der Waals surface area (Å²) in [6, 6.07) is 7.33. The van der Waals surface area contributed by atoms with E-state index in [9.17, 15) is 14.7 Å². The summed E-state index contributed by atoms with van der Waals surface area (Å²) in [5.74, 6) is -0.803. The first-order chi connectivity index (χ1) is 9.44. The maximum absolute atomic E-state index is 11.7. The van der Waals surface area contributed by atoms with Crippen molar-refractivity contribution in [3.05, 3.63) is 34.9 Å². The lowest BCUT2D eigenvalue weighted by Crippen LogP contribution is -2.47. The molecule has 1 aliphatic rings. The number of aliphatic carboxylic acids is 1. The number of carbonyl (C=O) groups is 2. The molecule has 0 aromatic heterocycles. The smallest absolute Gasteiger partial charge is 0.310 e. The van der Waals surface area contributed by atoms with E-state index >= 15 is 0 Å². The number of hydrogen-bond acceptors (Lipinski definition) is 2. The highest BCUT2D eigenvalue weighted by atomic mass is 35.5. The molecule has 5 heteroatoms. The Bertz CT molecular complexity index is 522. The number of rotatable bonds is 3. The van der Waals surface area contributed by atoms with Crippen molar-refractivity contribution in [2.45, 2.75) is 26.2 Å². The Labute approximate surface area is 123 Å². The molecular weight excluding hydrogens is 278 g/mol. The van der Waals surface area contributed by atoms with Crippen LogP contribution >= 0.6 is 11.6 Å². The van der Waals surface area contributed by atoms with Gasteiger partial charge in [-0.2, -0.15) is 0 Å². The maximum Gasteiger partial charge on any atom is 0.310 e. The molecule has 1 fully saturated rings. The van der Waals surface area contributed by atoms with Gasteiger partial charge in [0, 0.05) is 25.0 Å². The number of amides is 1. The van der Waals surface area contributed by atoms with Crippen LogP contribution in [0, 0.1) is 5.41 Å². The molecule has 4 nitrogen and oxygen atoms in total. The highest BCUT2D eigenvalue weighted by molar-refractivity contribution is 6.31. The Hall–Kier alpha value is -1.55. The molecule has 2 rings (SSSR count). The van der Waals surface area contributed by atoms with Gasteiger partial charge in [-0.25, -0.2) is 0 Å². The normalized spacial score (nSPS) is 17.8. The molecule has 1 N–H and O–H groups in total. The standard InChI is InChI=1S/C15H18ClNO3/c1-11(18)17-8-6-15(7-9-17,14(19)20)10-12-4-2-3-5-13(12)16/h2-5H,6-10H2,1H3,(H,19,20). The lowest BCUT2D eigenvalue weighted by Gasteiger charge is -2.38. The molecule has 0 aliphatic carbocycles. The van der Waals surface area contributed by atoms with Crippen LogP contribution < -0.4 is 0 Å². The van der Waals surface area contributed by atoms with Crippen LogP contribution in [0.15, 0.2) is 24.3 Å². The van der Waals surface area contributed by atoms with E-state index in [1.54, 1.807) is 11.0 Å². The summed E-state index contributed by atoms with van der Waals surface area (Å²) in [4.78, 5) is 24.8. The Kier molecular flexibility index (Phi) is 4.33. The molecule has 0 saturated carbocycles. The number of hydrogen-bond donors (Lipinski definition) is 1. The van der Waals surface area contributed by atoms with Crippen molar-refractivity contribution in [3.63, 3.8) is 0 Å². The monoisotopic (exact) mass is 295 g/mol. The molecule has 1 heterocycles. The van der Waals surface area contributed by atoms with Crippen LogP contribution in [-0.4, -0.2) is 35.0 Å². The number of benzene rings is 1. The zero-order valence-electron chi connectivity index (χ0n) is 11.4. The van der Waals surface area contributed by atoms with E-state index in [-0.39, 0.29) is 5.91 Å². The number of carboxylic acids is 1. The van der Waals surface area contributed by atoms with E-state index in [0.29, 0.717) is 37.4 Å². The third-order valence-corrected chi connectivity index (χ3v) is 4.47. The van der Waals surface area contributed by atoms with E-state index in [1.165, 1.54) is 6.92 Å². The van der Waals surface area contributed by atoms with Gasteiger partial charge in [0.05, 0.1) is 5.41 Å². The molecule has 20 heavy (non-hydrogen) atoms. The molecule has 0 atom stereocenters. The molecule has 1 amide bonds. The van der Waals surface area contributed by atoms with Crippen LogP contribution in [-0.2, 0) is 16.0 Å². The van der Waals surface area contributed by atoms with Crippen molar-refractivity contribution in [1.29, 1.82) is 0 Å². The second-order valence-corrected chi connectivity index (χ2v) is 5.77. The lowest BCUT2D eigenvalue weighted by molar-refractivity contribution is -0.154. The van der Waals surface area contributed by atoms with E-state index in [1.807, 2.05) is 18.2 Å². The highest BCUT2D eigenvalue weighted by Crippen LogP contribution is 2.37. The minimum Gasteiger partial charge on any atom is -0.481 e. The maximum atomic E-state index is 11.7. The summed E-state index contributed by atoms with van der Waals surface area (Å²) >= 11 is 6.13. The van der Waals surface area contributed by atoms with Gasteiger partial charge in [0.2, 0.25) is 5.91 Å². The second-order valence-electron chi connectivity index (χ2n) is 5.36. The van der Waals surface area contributed by atoms with Gasteiger partial charge in [-0.3, -0.25) is 9.59 Å². The minimum atomic E-state index is -0.822. The first-order valence-corrected chi connectivity index (χ1v) is 7.05. The Morgan fingerprint density at radius 2 is 1.90 bits per heavy atom. The molecule has 0 spiro atoms. The van der Waals surface area contributed by atoms with Crippen LogP contribution in [0.25, 0.3) is 0 Å². The Balaban J connectivity index is 2.18. The third kappa shape index (κ3) is 2.96. The van der Waals surface area contributed by atoms with E-state index in [4.69, 9.17) is 11.6 Å². The summed E-state index contributed by atoms with van der Waals surface area (Å²) in [7, 11) is 0. The van der Waals surface area contributed by atoms with Gasteiger partial charge < -0.3 is 10.0 Å². The fourth-order valence-corrected chi connectivity index (χ4v) is 2.92. The summed E-state index contributed by atoms with van der Waals surface area (Å²) in [6.45, 7) is 2.50. The quantitative estimate of drug-likeness (QED) is 0.932. The molecular formula is C15H18ClNO3. The summed E-state index contributed by atoms with van der Waals surface area (Å²) in [5, 5.41) is 10.2. The number of halogens is 1. The summed E-state index contributed by atoms with van der Waals surface area (Å²) in [5.41, 5.74) is 0.0320. The molecule has 1 aromatic carbocycles. The van der Waals surface area contributed by atoms with Crippen LogP contribution in [0.4, 0.5) is 0 Å². The largest absolute Gasteiger partial charge is 0.481 e. The van der Waals surface area contributed by atoms with Gasteiger partial charge in [0.25, 0.3) is 0 Å². The van der Waals surface area contributed by atoms with Crippen molar-refractivity contribution >= 4 is 23.5 Å². The van der Waals surface area contributed by atoms with Gasteiger partial charge in [0.15, 0.2) is 0 Å². The van der Waals surface area contributed by atoms with Gasteiger partial charge >= 0.3 is 5.97 Å². The summed E-state index contributed by atoms with van der Waals surface area (Å²) in [6.07, 6.45) is 1.34. The van der Waals surface area contributed by atoms with Gasteiger partial charge in [-0.05, 0) is 30.9 Å². The first kappa shape index (κ1) is 14.9. The SMILES string of the molecule is CC(=O)N1CCC(Cc2ccccc2Cl)(C(=O)O)CC1. The number of likely N-dealkylation sites (tertiary alicyclic amines) is 1. The van der Waals surface area contributed by atoms with Gasteiger partial charge in [0.1, 0.15) is 0 Å². The number of carbonyl (C=O) groups excluding carboxylic acids is 1. The van der Waals surface area contributed by atoms with Crippen LogP contribution in [0.1, 0.15) is 25.3 Å². The molecule has 1 aliphatic heterocycles. The van der Waals surface area contributed by atoms with Crippen molar-refractivity contribution in [3.8, 4) is 0 Å². The van der Waals surface area contributed by atoms with E-state index in [2.05, 4.69) is 0 Å². The second kappa shape index (κ2) is 5.83. The predicted molar refractivity (Wildman–Crippen MR) is 76.7 cm³/mol. The summed E-state index contributed by atoms with van der Waals surface area (Å²) < 4.78 is 0. The van der Waals surface area contributed by atoms with E-state index in [0.717, 1.165) is 5.56 Å². The predicted octanol–water partition coefficient (Wildman–Crippen LogP) is 2.60. The zero-order chi connectivity index (χ0) is 14.8. The number of carboxylic acid groups (broad SMARTS) is 1. The zero-order valence-corrected chi connectivity index (χ0v) is 12.2. The molecule has 0 radical (unpaired) electrons. The van der Waals surface area contributed by atoms with Gasteiger partial charge in [-0.1, -0.05) is 29.8 Å². The molecule has 1 saturated heterocycles. The fraction of sp³-hybridized carbons (Fsp3) is 0.467. The van der Waals surface area contributed by atoms with E-state index < -0.39 is 11.4 Å². The topological polar surface area (TPSA) is 57.6 Å². The van der Waals surface area contributed by atoms with Crippen LogP contribution in [0.2, 0.25) is 5.02 Å². The highest BCUT2D eigenvalue weighted by Gasteiger charge is 2.42. The van der Waals surface area contributed by atoms with Crippen LogP contribution in [0.3, 0.4) is 0 Å². The third-order valence-electron chi connectivity index (χ3n) is 4.11. The first-order valence-electron chi connectivity index (χ1n) is 6.67. The number of piperidine rings is 1. The average molecular weight is 296 g/mol. The Morgan fingerprint density at radius 3 is 2.40 bits per heavy atom. The van der Waals surface area contributed by atoms with Crippen molar-refractivity contribution in [2.24, 2.45) is 5.41 Å². The fourth-order valence-electron chi connectivity index (χ4n) is 2.72.